The number of anilines is 1. The number of hydrogen-bond donors (Lipinski definition) is 2. The second-order valence-corrected chi connectivity index (χ2v) is 7.34. The predicted octanol–water partition coefficient (Wildman–Crippen LogP) is 3.99. The Hall–Kier alpha value is -3.30. The third-order valence-corrected chi connectivity index (χ3v) is 5.47. The Morgan fingerprint density at radius 3 is 2.56 bits per heavy atom. The van der Waals surface area contributed by atoms with Gasteiger partial charge in [-0.1, -0.05) is 42.5 Å². The highest BCUT2D eigenvalue weighted by Gasteiger charge is 2.17. The van der Waals surface area contributed by atoms with Crippen LogP contribution < -0.4 is 4.72 Å². The van der Waals surface area contributed by atoms with Gasteiger partial charge in [0.2, 0.25) is 0 Å². The van der Waals surface area contributed by atoms with Crippen LogP contribution in [-0.4, -0.2) is 13.4 Å². The first-order valence-corrected chi connectivity index (χ1v) is 9.09. The molecule has 0 fully saturated rings. The van der Waals surface area contributed by atoms with E-state index in [0.717, 1.165) is 10.8 Å². The first kappa shape index (κ1) is 15.2. The summed E-state index contributed by atoms with van der Waals surface area (Å²) < 4.78 is 28.2. The van der Waals surface area contributed by atoms with Gasteiger partial charge in [0.05, 0.1) is 21.7 Å². The van der Waals surface area contributed by atoms with E-state index in [1.165, 1.54) is 0 Å². The lowest BCUT2D eigenvalue weighted by Gasteiger charge is -2.10. The standard InChI is InChI=1S/C19H13N3O2S/c20-11-15-12-21-19-17(15)6-3-7-18(19)22-25(23,24)16-9-8-13-4-1-2-5-14(13)10-16/h1-10,12,21-22H. The number of fused-ring (bicyclic) bond motifs is 2. The summed E-state index contributed by atoms with van der Waals surface area (Å²) in [7, 11) is -3.75. The first-order valence-electron chi connectivity index (χ1n) is 7.60. The van der Waals surface area contributed by atoms with E-state index in [1.54, 1.807) is 42.6 Å². The maximum atomic E-state index is 12.8. The molecule has 0 aliphatic rings. The number of benzene rings is 3. The first-order chi connectivity index (χ1) is 12.1. The van der Waals surface area contributed by atoms with Crippen LogP contribution >= 0.6 is 0 Å². The van der Waals surface area contributed by atoms with Crippen molar-refractivity contribution in [2.75, 3.05) is 4.72 Å². The molecule has 3 aromatic carbocycles. The van der Waals surface area contributed by atoms with Crippen LogP contribution in [0.2, 0.25) is 0 Å². The van der Waals surface area contributed by atoms with Crippen LogP contribution in [0.15, 0.2) is 71.8 Å². The Morgan fingerprint density at radius 1 is 0.960 bits per heavy atom. The smallest absolute Gasteiger partial charge is 0.261 e. The Morgan fingerprint density at radius 2 is 1.76 bits per heavy atom. The third kappa shape index (κ3) is 2.61. The van der Waals surface area contributed by atoms with Gasteiger partial charge in [0.15, 0.2) is 0 Å². The van der Waals surface area contributed by atoms with Crippen LogP contribution in [0.3, 0.4) is 0 Å². The van der Waals surface area contributed by atoms with Crippen molar-refractivity contribution in [3.63, 3.8) is 0 Å². The van der Waals surface area contributed by atoms with E-state index in [0.29, 0.717) is 22.2 Å². The summed E-state index contributed by atoms with van der Waals surface area (Å²) in [4.78, 5) is 3.15. The number of nitrogens with zero attached hydrogens (tertiary/aromatic N) is 1. The van der Waals surface area contributed by atoms with Gasteiger partial charge in [-0.3, -0.25) is 4.72 Å². The summed E-state index contributed by atoms with van der Waals surface area (Å²) in [5.74, 6) is 0. The number of aromatic nitrogens is 1. The van der Waals surface area contributed by atoms with Crippen LogP contribution in [0.25, 0.3) is 21.7 Å². The average molecular weight is 347 g/mol. The zero-order valence-electron chi connectivity index (χ0n) is 13.0. The SMILES string of the molecule is N#Cc1c[nH]c2c(NS(=O)(=O)c3ccc4ccccc4c3)cccc12. The lowest BCUT2D eigenvalue weighted by Crippen LogP contribution is -2.13. The van der Waals surface area contributed by atoms with Crippen molar-refractivity contribution >= 4 is 37.4 Å². The van der Waals surface area contributed by atoms with E-state index in [9.17, 15) is 8.42 Å². The molecule has 0 atom stereocenters. The van der Waals surface area contributed by atoms with Gasteiger partial charge in [0.25, 0.3) is 10.0 Å². The van der Waals surface area contributed by atoms with Crippen molar-refractivity contribution in [3.8, 4) is 6.07 Å². The Balaban J connectivity index is 1.79. The molecule has 25 heavy (non-hydrogen) atoms. The van der Waals surface area contributed by atoms with Crippen molar-refractivity contribution in [1.29, 1.82) is 5.26 Å². The monoisotopic (exact) mass is 347 g/mol. The van der Waals surface area contributed by atoms with Gasteiger partial charge in [-0.05, 0) is 29.0 Å². The molecule has 1 aromatic heterocycles. The highest BCUT2D eigenvalue weighted by Crippen LogP contribution is 2.28. The number of nitriles is 1. The van der Waals surface area contributed by atoms with Crippen molar-refractivity contribution < 1.29 is 8.42 Å². The number of aromatic amines is 1. The summed E-state index contributed by atoms with van der Waals surface area (Å²) in [5, 5.41) is 11.6. The Bertz CT molecular complexity index is 1250. The highest BCUT2D eigenvalue weighted by atomic mass is 32.2. The molecule has 122 valence electrons. The van der Waals surface area contributed by atoms with Gasteiger partial charge in [-0.15, -0.1) is 0 Å². The largest absolute Gasteiger partial charge is 0.358 e. The molecule has 0 aliphatic carbocycles. The van der Waals surface area contributed by atoms with Gasteiger partial charge in [-0.2, -0.15) is 5.26 Å². The van der Waals surface area contributed by atoms with Crippen LogP contribution in [0.5, 0.6) is 0 Å². The van der Waals surface area contributed by atoms with E-state index < -0.39 is 10.0 Å². The highest BCUT2D eigenvalue weighted by molar-refractivity contribution is 7.92. The van der Waals surface area contributed by atoms with Gasteiger partial charge in [0.1, 0.15) is 6.07 Å². The van der Waals surface area contributed by atoms with Crippen molar-refractivity contribution in [2.45, 2.75) is 4.90 Å². The Labute approximate surface area is 144 Å². The zero-order chi connectivity index (χ0) is 17.4. The summed E-state index contributed by atoms with van der Waals surface area (Å²) in [6.07, 6.45) is 1.57. The number of H-pyrrole nitrogens is 1. The number of sulfonamides is 1. The fourth-order valence-electron chi connectivity index (χ4n) is 2.87. The minimum Gasteiger partial charge on any atom is -0.358 e. The molecule has 0 unspecified atom stereocenters. The molecule has 0 saturated carbocycles. The van der Waals surface area contributed by atoms with Gasteiger partial charge in [-0.25, -0.2) is 8.42 Å². The average Bonchev–Trinajstić information content (AvgIpc) is 3.05. The van der Waals surface area contributed by atoms with E-state index >= 15 is 0 Å². The molecular weight excluding hydrogens is 334 g/mol. The predicted molar refractivity (Wildman–Crippen MR) is 97.8 cm³/mol. The van der Waals surface area contributed by atoms with Crippen molar-refractivity contribution in [1.82, 2.24) is 4.98 Å². The summed E-state index contributed by atoms with van der Waals surface area (Å²) in [6, 6.07) is 19.8. The molecule has 2 N–H and O–H groups in total. The van der Waals surface area contributed by atoms with Gasteiger partial charge in [0, 0.05) is 11.6 Å². The molecule has 5 nitrogen and oxygen atoms in total. The lowest BCUT2D eigenvalue weighted by molar-refractivity contribution is 0.601. The summed E-state index contributed by atoms with van der Waals surface area (Å²) in [5.41, 5.74) is 1.47. The second-order valence-electron chi connectivity index (χ2n) is 5.66. The van der Waals surface area contributed by atoms with E-state index in [1.807, 2.05) is 24.3 Å². The van der Waals surface area contributed by atoms with Crippen LogP contribution in [-0.2, 0) is 10.0 Å². The van der Waals surface area contributed by atoms with Gasteiger partial charge >= 0.3 is 0 Å². The molecule has 4 rings (SSSR count). The maximum Gasteiger partial charge on any atom is 0.261 e. The number of para-hydroxylation sites is 1. The zero-order valence-corrected chi connectivity index (χ0v) is 13.8. The quantitative estimate of drug-likeness (QED) is 0.587. The molecule has 4 aromatic rings. The molecule has 0 aliphatic heterocycles. The van der Waals surface area contributed by atoms with E-state index in [2.05, 4.69) is 15.8 Å². The van der Waals surface area contributed by atoms with Crippen molar-refractivity contribution in [3.05, 3.63) is 72.4 Å². The van der Waals surface area contributed by atoms with E-state index in [-0.39, 0.29) is 4.90 Å². The topological polar surface area (TPSA) is 85.8 Å². The molecule has 0 spiro atoms. The molecule has 6 heteroatoms. The summed E-state index contributed by atoms with van der Waals surface area (Å²) in [6.45, 7) is 0. The maximum absolute atomic E-state index is 12.8. The fourth-order valence-corrected chi connectivity index (χ4v) is 3.98. The van der Waals surface area contributed by atoms with Crippen LogP contribution in [0.1, 0.15) is 5.56 Å². The minimum absolute atomic E-state index is 0.190. The summed E-state index contributed by atoms with van der Waals surface area (Å²) >= 11 is 0. The molecule has 0 saturated heterocycles. The molecule has 0 bridgehead atoms. The van der Waals surface area contributed by atoms with Crippen LogP contribution in [0.4, 0.5) is 5.69 Å². The number of hydrogen-bond acceptors (Lipinski definition) is 3. The fraction of sp³-hybridized carbons (Fsp3) is 0. The van der Waals surface area contributed by atoms with E-state index in [4.69, 9.17) is 5.26 Å². The number of rotatable bonds is 3. The third-order valence-electron chi connectivity index (χ3n) is 4.11. The van der Waals surface area contributed by atoms with Gasteiger partial charge < -0.3 is 4.98 Å². The minimum atomic E-state index is -3.75. The molecular formula is C19H13N3O2S. The molecule has 0 amide bonds. The normalized spacial score (nSPS) is 11.5. The van der Waals surface area contributed by atoms with Crippen molar-refractivity contribution in [2.24, 2.45) is 0 Å². The Kier molecular flexibility index (Phi) is 3.45. The second kappa shape index (κ2) is 5.65. The lowest BCUT2D eigenvalue weighted by atomic mass is 10.1. The molecule has 0 radical (unpaired) electrons. The number of nitrogens with one attached hydrogen (secondary N) is 2. The molecule has 1 heterocycles. The van der Waals surface area contributed by atoms with Crippen LogP contribution in [0, 0.1) is 11.3 Å².